The molecule has 9 heteroatoms. The summed E-state index contributed by atoms with van der Waals surface area (Å²) < 4.78 is 28.2. The van der Waals surface area contributed by atoms with Crippen LogP contribution in [0.15, 0.2) is 17.0 Å². The van der Waals surface area contributed by atoms with E-state index in [0.29, 0.717) is 0 Å². The van der Waals surface area contributed by atoms with E-state index in [0.717, 1.165) is 32.4 Å². The number of Topliss-reactive ketones (excluding diaryl/α,β-unsaturated/α-hetero) is 2. The van der Waals surface area contributed by atoms with Gasteiger partial charge in [-0.3, -0.25) is 14.4 Å². The van der Waals surface area contributed by atoms with Gasteiger partial charge in [-0.15, -0.1) is 0 Å². The van der Waals surface area contributed by atoms with Crippen LogP contribution >= 0.6 is 0 Å². The maximum absolute atomic E-state index is 12.4. The number of rotatable bonds is 6. The zero-order valence-corrected chi connectivity index (χ0v) is 14.3. The second kappa shape index (κ2) is 6.91. The first-order valence-electron chi connectivity index (χ1n) is 6.62. The van der Waals surface area contributed by atoms with E-state index in [1.165, 1.54) is 6.92 Å². The van der Waals surface area contributed by atoms with Gasteiger partial charge in [0.15, 0.2) is 27.3 Å². The van der Waals surface area contributed by atoms with Gasteiger partial charge >= 0.3 is 11.9 Å². The molecular weight excluding hydrogens is 340 g/mol. The first kappa shape index (κ1) is 19.5. The van der Waals surface area contributed by atoms with Crippen molar-refractivity contribution in [1.29, 1.82) is 0 Å². The molecule has 0 amide bonds. The Bertz CT molecular complexity index is 821. The number of carboxylic acids is 1. The average molecular weight is 356 g/mol. The lowest BCUT2D eigenvalue weighted by atomic mass is 9.90. The largest absolute Gasteiger partial charge is 0.480 e. The Morgan fingerprint density at radius 2 is 1.71 bits per heavy atom. The molecule has 130 valence electrons. The molecule has 1 rings (SSSR count). The van der Waals surface area contributed by atoms with Gasteiger partial charge in [-0.1, -0.05) is 0 Å². The third kappa shape index (κ3) is 3.67. The normalized spacial score (nSPS) is 12.3. The molecule has 1 N–H and O–H groups in total. The molecule has 1 atom stereocenters. The van der Waals surface area contributed by atoms with Gasteiger partial charge in [0.1, 0.15) is 0 Å². The smallest absolute Gasteiger partial charge is 0.339 e. The molecule has 0 saturated carbocycles. The molecule has 0 aliphatic heterocycles. The number of hydrogen-bond donors (Lipinski definition) is 1. The van der Waals surface area contributed by atoms with Crippen molar-refractivity contribution in [1.82, 2.24) is 0 Å². The van der Waals surface area contributed by atoms with E-state index in [1.807, 2.05) is 0 Å². The van der Waals surface area contributed by atoms with Crippen molar-refractivity contribution in [3.8, 4) is 0 Å². The summed E-state index contributed by atoms with van der Waals surface area (Å²) in [6, 6.07) is 2.10. The Hall–Kier alpha value is -2.55. The van der Waals surface area contributed by atoms with Gasteiger partial charge < -0.3 is 9.84 Å². The number of esters is 1. The number of carbonyl (C=O) groups excluding carboxylic acids is 3. The second-order valence-electron chi connectivity index (χ2n) is 5.12. The molecule has 0 aliphatic carbocycles. The summed E-state index contributed by atoms with van der Waals surface area (Å²) in [6.07, 6.45) is 0.880. The van der Waals surface area contributed by atoms with E-state index in [1.54, 1.807) is 0 Å². The third-order valence-corrected chi connectivity index (χ3v) is 4.54. The zero-order valence-electron chi connectivity index (χ0n) is 13.4. The van der Waals surface area contributed by atoms with Crippen LogP contribution in [0.3, 0.4) is 0 Å². The van der Waals surface area contributed by atoms with Crippen LogP contribution < -0.4 is 0 Å². The second-order valence-corrected chi connectivity index (χ2v) is 7.11. The highest BCUT2D eigenvalue weighted by Gasteiger charge is 2.34. The summed E-state index contributed by atoms with van der Waals surface area (Å²) in [5.41, 5.74) is -0.661. The van der Waals surface area contributed by atoms with Crippen LogP contribution in [-0.4, -0.2) is 50.4 Å². The van der Waals surface area contributed by atoms with Crippen LogP contribution in [0.2, 0.25) is 0 Å². The van der Waals surface area contributed by atoms with Crippen LogP contribution in [-0.2, 0) is 24.2 Å². The molecule has 1 aromatic carbocycles. The van der Waals surface area contributed by atoms with E-state index in [2.05, 4.69) is 4.74 Å². The molecule has 0 fully saturated rings. The zero-order chi connectivity index (χ0) is 18.8. The maximum Gasteiger partial charge on any atom is 0.339 e. The highest BCUT2D eigenvalue weighted by atomic mass is 32.2. The molecule has 8 nitrogen and oxygen atoms in total. The van der Waals surface area contributed by atoms with Crippen molar-refractivity contribution in [3.05, 3.63) is 28.8 Å². The van der Waals surface area contributed by atoms with Crippen LogP contribution in [0.4, 0.5) is 0 Å². The predicted molar refractivity (Wildman–Crippen MR) is 81.8 cm³/mol. The summed E-state index contributed by atoms with van der Waals surface area (Å²) in [7, 11) is -2.76. The maximum atomic E-state index is 12.4. The predicted octanol–water partition coefficient (Wildman–Crippen LogP) is 0.658. The summed E-state index contributed by atoms with van der Waals surface area (Å²) >= 11 is 0. The average Bonchev–Trinajstić information content (AvgIpc) is 2.43. The van der Waals surface area contributed by atoms with Crippen molar-refractivity contribution in [2.24, 2.45) is 5.92 Å². The standard InChI is InChI=1S/C15H16O8S/c1-7-9(13(17)12(8(2)16)14(18)19)5-6-10(24(4,21)22)11(7)15(20)23-3/h5-6,12H,1-4H3,(H,18,19). The fraction of sp³-hybridized carbons (Fsp3) is 0.333. The lowest BCUT2D eigenvalue weighted by molar-refractivity contribution is -0.143. The van der Waals surface area contributed by atoms with E-state index in [9.17, 15) is 27.6 Å². The molecule has 1 aromatic rings. The summed E-state index contributed by atoms with van der Waals surface area (Å²) in [4.78, 5) is 46.5. The van der Waals surface area contributed by atoms with Gasteiger partial charge in [0.05, 0.1) is 17.6 Å². The minimum absolute atomic E-state index is 0.0673. The molecule has 0 heterocycles. The quantitative estimate of drug-likeness (QED) is 0.446. The SMILES string of the molecule is COC(=O)c1c(S(C)(=O)=O)ccc(C(=O)C(C(C)=O)C(=O)O)c1C. The van der Waals surface area contributed by atoms with Gasteiger partial charge in [0.2, 0.25) is 0 Å². The van der Waals surface area contributed by atoms with E-state index < -0.39 is 39.3 Å². The van der Waals surface area contributed by atoms with Crippen LogP contribution in [0, 0.1) is 12.8 Å². The Kier molecular flexibility index (Phi) is 5.62. The lowest BCUT2D eigenvalue weighted by Crippen LogP contribution is -2.31. The monoisotopic (exact) mass is 356 g/mol. The van der Waals surface area contributed by atoms with Gasteiger partial charge in [-0.2, -0.15) is 0 Å². The fourth-order valence-electron chi connectivity index (χ4n) is 2.24. The van der Waals surface area contributed by atoms with Crippen molar-refractivity contribution in [2.75, 3.05) is 13.4 Å². The molecule has 0 aromatic heterocycles. The number of aliphatic carboxylic acids is 1. The van der Waals surface area contributed by atoms with Crippen molar-refractivity contribution in [2.45, 2.75) is 18.7 Å². The van der Waals surface area contributed by atoms with Crippen molar-refractivity contribution in [3.63, 3.8) is 0 Å². The van der Waals surface area contributed by atoms with Gasteiger partial charge in [0.25, 0.3) is 0 Å². The molecule has 1 unspecified atom stereocenters. The Labute approximate surface area is 138 Å². The van der Waals surface area contributed by atoms with E-state index >= 15 is 0 Å². The van der Waals surface area contributed by atoms with Crippen molar-refractivity contribution >= 4 is 33.3 Å². The number of hydrogen-bond acceptors (Lipinski definition) is 7. The summed E-state index contributed by atoms with van der Waals surface area (Å²) in [5.74, 6) is -6.45. The molecule has 0 radical (unpaired) electrons. The topological polar surface area (TPSA) is 132 Å². The Morgan fingerprint density at radius 1 is 1.17 bits per heavy atom. The molecule has 0 bridgehead atoms. The van der Waals surface area contributed by atoms with E-state index in [4.69, 9.17) is 5.11 Å². The minimum Gasteiger partial charge on any atom is -0.480 e. The molecular formula is C15H16O8S. The number of carboxylic acid groups (broad SMARTS) is 1. The lowest BCUT2D eigenvalue weighted by Gasteiger charge is -2.15. The molecule has 0 aliphatic rings. The number of benzene rings is 1. The highest BCUT2D eigenvalue weighted by molar-refractivity contribution is 7.90. The molecule has 0 saturated heterocycles. The number of methoxy groups -OCH3 is 1. The number of sulfone groups is 1. The number of carbonyl (C=O) groups is 4. The summed E-state index contributed by atoms with van der Waals surface area (Å²) in [6.45, 7) is 2.24. The van der Waals surface area contributed by atoms with Crippen LogP contribution in [0.1, 0.15) is 33.2 Å². The van der Waals surface area contributed by atoms with Crippen molar-refractivity contribution < 1.29 is 37.4 Å². The Balaban J connectivity index is 3.71. The van der Waals surface area contributed by atoms with E-state index in [-0.39, 0.29) is 21.6 Å². The fourth-order valence-corrected chi connectivity index (χ4v) is 3.17. The summed E-state index contributed by atoms with van der Waals surface area (Å²) in [5, 5.41) is 9.05. The minimum atomic E-state index is -3.80. The molecule has 0 spiro atoms. The molecule has 24 heavy (non-hydrogen) atoms. The Morgan fingerprint density at radius 3 is 2.08 bits per heavy atom. The van der Waals surface area contributed by atoms with Gasteiger partial charge in [-0.25, -0.2) is 13.2 Å². The third-order valence-electron chi connectivity index (χ3n) is 3.40. The number of ketones is 2. The van der Waals surface area contributed by atoms with Crippen LogP contribution in [0.25, 0.3) is 0 Å². The van der Waals surface area contributed by atoms with Gasteiger partial charge in [-0.05, 0) is 31.5 Å². The van der Waals surface area contributed by atoms with Gasteiger partial charge in [0, 0.05) is 11.8 Å². The first-order valence-corrected chi connectivity index (χ1v) is 8.52. The highest BCUT2D eigenvalue weighted by Crippen LogP contribution is 2.26. The van der Waals surface area contributed by atoms with Crippen LogP contribution in [0.5, 0.6) is 0 Å². The number of ether oxygens (including phenoxy) is 1. The first-order chi connectivity index (χ1) is 10.9.